The van der Waals surface area contributed by atoms with E-state index >= 15 is 0 Å². The largest absolute Gasteiger partial charge is 0.365 e. The number of aromatic nitrogens is 2. The monoisotopic (exact) mass is 484 g/mol. The molecule has 1 saturated heterocycles. The molecule has 2 aromatic rings. The minimum Gasteiger partial charge on any atom is -0.365 e. The molecule has 2 aliphatic rings. The third-order valence-corrected chi connectivity index (χ3v) is 7.70. The van der Waals surface area contributed by atoms with E-state index in [-0.39, 0.29) is 29.8 Å². The van der Waals surface area contributed by atoms with E-state index in [1.807, 2.05) is 12.1 Å². The van der Waals surface area contributed by atoms with E-state index in [9.17, 15) is 18.0 Å². The van der Waals surface area contributed by atoms with Gasteiger partial charge in [-0.25, -0.2) is 15.0 Å². The van der Waals surface area contributed by atoms with E-state index in [0.29, 0.717) is 37.4 Å². The van der Waals surface area contributed by atoms with Crippen LogP contribution in [-0.4, -0.2) is 60.8 Å². The molecule has 0 bridgehead atoms. The lowest BCUT2D eigenvalue weighted by Crippen LogP contribution is -2.48. The molecule has 0 unspecified atom stereocenters. The van der Waals surface area contributed by atoms with Gasteiger partial charge in [0.25, 0.3) is 5.91 Å². The third-order valence-electron chi connectivity index (χ3n) is 6.57. The van der Waals surface area contributed by atoms with E-state index in [2.05, 4.69) is 20.2 Å². The van der Waals surface area contributed by atoms with Gasteiger partial charge in [-0.15, -0.1) is 0 Å². The van der Waals surface area contributed by atoms with Crippen molar-refractivity contribution in [2.45, 2.75) is 42.7 Å². The summed E-state index contributed by atoms with van der Waals surface area (Å²) < 4.78 is 25.0. The predicted octanol–water partition coefficient (Wildman–Crippen LogP) is 1.64. The van der Waals surface area contributed by atoms with Gasteiger partial charge in [-0.1, -0.05) is 12.1 Å². The first kappa shape index (κ1) is 23.9. The number of sulfone groups is 1. The van der Waals surface area contributed by atoms with Gasteiger partial charge in [0.05, 0.1) is 4.90 Å². The number of likely N-dealkylation sites (tertiary alicyclic amines) is 1. The maximum Gasteiger partial charge on any atom is 0.254 e. The molecular weight excluding hydrogens is 456 g/mol. The molecule has 1 aromatic carbocycles. The molecule has 34 heavy (non-hydrogen) atoms. The Morgan fingerprint density at radius 2 is 1.88 bits per heavy atom. The molecule has 1 saturated carbocycles. The highest BCUT2D eigenvalue weighted by molar-refractivity contribution is 7.90. The van der Waals surface area contributed by atoms with Crippen LogP contribution >= 0.6 is 0 Å². The number of nitrogens with one attached hydrogen (secondary N) is 1. The number of hydrogen-bond acceptors (Lipinski definition) is 6. The van der Waals surface area contributed by atoms with Crippen LogP contribution in [0.1, 0.15) is 41.6 Å². The van der Waals surface area contributed by atoms with Crippen molar-refractivity contribution in [3.05, 3.63) is 53.0 Å². The number of carbonyl (C=O) groups excluding carboxylic acids is 2. The van der Waals surface area contributed by atoms with Crippen molar-refractivity contribution in [2.24, 2.45) is 11.7 Å². The van der Waals surface area contributed by atoms with Crippen molar-refractivity contribution in [2.75, 3.05) is 31.2 Å². The molecule has 4 rings (SSSR count). The highest BCUT2D eigenvalue weighted by Gasteiger charge is 2.41. The molecule has 2 amide bonds. The fraction of sp³-hybridized carbons (Fsp3) is 0.478. The fourth-order valence-corrected chi connectivity index (χ4v) is 4.92. The summed E-state index contributed by atoms with van der Waals surface area (Å²) in [7, 11) is -3.23. The molecule has 2 heterocycles. The number of hydrogen-bond donors (Lipinski definition) is 2. The van der Waals surface area contributed by atoms with Crippen molar-refractivity contribution < 1.29 is 18.0 Å². The molecule has 11 heteroatoms. The highest BCUT2D eigenvalue weighted by Crippen LogP contribution is 2.34. The van der Waals surface area contributed by atoms with Crippen LogP contribution in [0.25, 0.3) is 4.85 Å². The average molecular weight is 485 g/mol. The second-order valence-corrected chi connectivity index (χ2v) is 11.2. The lowest BCUT2D eigenvalue weighted by molar-refractivity contribution is -0.117. The van der Waals surface area contributed by atoms with E-state index in [1.54, 1.807) is 23.0 Å². The molecule has 2 fully saturated rings. The molecule has 10 nitrogen and oxygen atoms in total. The van der Waals surface area contributed by atoms with Gasteiger partial charge in [0.1, 0.15) is 11.1 Å². The Balaban J connectivity index is 1.49. The number of nitrogens with two attached hydrogens (primary N) is 1. The Morgan fingerprint density at radius 1 is 1.24 bits per heavy atom. The number of nitrogens with zero attached hydrogens (tertiary/aromatic N) is 4. The van der Waals surface area contributed by atoms with Gasteiger partial charge in [0.2, 0.25) is 12.5 Å². The second-order valence-electron chi connectivity index (χ2n) is 9.20. The molecule has 3 N–H and O–H groups in total. The molecule has 1 aliphatic heterocycles. The van der Waals surface area contributed by atoms with Crippen LogP contribution in [0.2, 0.25) is 0 Å². The lowest BCUT2D eigenvalue weighted by Gasteiger charge is -2.38. The maximum absolute atomic E-state index is 12.2. The van der Waals surface area contributed by atoms with E-state index in [0.717, 1.165) is 18.4 Å². The minimum atomic E-state index is -3.23. The zero-order chi connectivity index (χ0) is 24.5. The van der Waals surface area contributed by atoms with Crippen LogP contribution in [0.15, 0.2) is 35.4 Å². The van der Waals surface area contributed by atoms with Crippen LogP contribution < -0.4 is 11.1 Å². The van der Waals surface area contributed by atoms with E-state index < -0.39 is 21.3 Å². The summed E-state index contributed by atoms with van der Waals surface area (Å²) in [6, 6.07) is 6.87. The molecule has 180 valence electrons. The molecular formula is C23H28N6O4S. The normalized spacial score (nSPS) is 18.2. The number of benzene rings is 1. The molecule has 0 spiro atoms. The van der Waals surface area contributed by atoms with Gasteiger partial charge >= 0.3 is 0 Å². The van der Waals surface area contributed by atoms with Gasteiger partial charge in [-0.05, 0) is 43.4 Å². The van der Waals surface area contributed by atoms with Crippen molar-refractivity contribution in [1.82, 2.24) is 14.7 Å². The number of carbonyl (C=O) groups is 2. The molecule has 0 radical (unpaired) electrons. The number of rotatable bonds is 8. The number of anilines is 1. The SMILES string of the molecule is [C-]#[N+]CC1(n2cc(C(N)=O)c(NC(=O)C3CC3)n2)CCN(Cc2ccc(S(C)(=O)=O)cc2)CC1. The van der Waals surface area contributed by atoms with Gasteiger partial charge in [0, 0.05) is 38.0 Å². The first-order chi connectivity index (χ1) is 16.1. The predicted molar refractivity (Wildman–Crippen MR) is 126 cm³/mol. The summed E-state index contributed by atoms with van der Waals surface area (Å²) >= 11 is 0. The summed E-state index contributed by atoms with van der Waals surface area (Å²) in [6.07, 6.45) is 5.65. The smallest absolute Gasteiger partial charge is 0.254 e. The second kappa shape index (κ2) is 9.19. The van der Waals surface area contributed by atoms with Gasteiger partial charge < -0.3 is 15.9 Å². The summed E-state index contributed by atoms with van der Waals surface area (Å²) in [4.78, 5) is 30.4. The van der Waals surface area contributed by atoms with Crippen LogP contribution in [0.5, 0.6) is 0 Å². The number of amides is 2. The Labute approximate surface area is 198 Å². The Morgan fingerprint density at radius 3 is 2.41 bits per heavy atom. The summed E-state index contributed by atoms with van der Waals surface area (Å²) in [5, 5.41) is 7.23. The zero-order valence-electron chi connectivity index (χ0n) is 19.0. The van der Waals surface area contributed by atoms with Crippen molar-refractivity contribution >= 4 is 27.5 Å². The first-order valence-corrected chi connectivity index (χ1v) is 13.1. The fourth-order valence-electron chi connectivity index (χ4n) is 4.29. The summed E-state index contributed by atoms with van der Waals surface area (Å²) in [6.45, 7) is 9.74. The maximum atomic E-state index is 12.2. The summed E-state index contributed by atoms with van der Waals surface area (Å²) in [5.74, 6) is -0.728. The van der Waals surface area contributed by atoms with Crippen LogP contribution in [-0.2, 0) is 26.7 Å². The lowest BCUT2D eigenvalue weighted by atomic mass is 9.87. The first-order valence-electron chi connectivity index (χ1n) is 11.2. The standard InChI is InChI=1S/C23H28N6O4S/c1-25-15-23(29-14-19(20(24)30)21(27-29)26-22(31)17-5-6-17)9-11-28(12-10-23)13-16-3-7-18(8-4-16)34(2,32)33/h3-4,7-8,14,17H,5-6,9-13,15H2,2H3,(H2,24,30)(H,26,27,31). The molecule has 0 atom stereocenters. The zero-order valence-corrected chi connectivity index (χ0v) is 19.8. The van der Waals surface area contributed by atoms with Crippen molar-refractivity contribution in [1.29, 1.82) is 0 Å². The topological polar surface area (TPSA) is 132 Å². The third kappa shape index (κ3) is 5.13. The Kier molecular flexibility index (Phi) is 6.47. The Bertz CT molecular complexity index is 1230. The van der Waals surface area contributed by atoms with Crippen LogP contribution in [0.4, 0.5) is 5.82 Å². The van der Waals surface area contributed by atoms with Crippen LogP contribution in [0, 0.1) is 12.5 Å². The van der Waals surface area contributed by atoms with Gasteiger partial charge in [-0.2, -0.15) is 5.10 Å². The van der Waals surface area contributed by atoms with Gasteiger partial charge in [0.15, 0.2) is 15.7 Å². The molecule has 1 aliphatic carbocycles. The van der Waals surface area contributed by atoms with E-state index in [1.165, 1.54) is 6.26 Å². The number of piperidine rings is 1. The van der Waals surface area contributed by atoms with Gasteiger partial charge in [-0.3, -0.25) is 19.2 Å². The summed E-state index contributed by atoms with van der Waals surface area (Å²) in [5.41, 5.74) is 6.08. The minimum absolute atomic E-state index is 0.0437. The highest BCUT2D eigenvalue weighted by atomic mass is 32.2. The molecule has 1 aromatic heterocycles. The van der Waals surface area contributed by atoms with Crippen LogP contribution in [0.3, 0.4) is 0 Å². The quantitative estimate of drug-likeness (QED) is 0.548. The Hall–Kier alpha value is -3.23. The average Bonchev–Trinajstić information content (AvgIpc) is 3.55. The van der Waals surface area contributed by atoms with Crippen molar-refractivity contribution in [3.63, 3.8) is 0 Å². The van der Waals surface area contributed by atoms with E-state index in [4.69, 9.17) is 12.3 Å². The number of primary amides is 1. The van der Waals surface area contributed by atoms with Crippen molar-refractivity contribution in [3.8, 4) is 0 Å².